The Hall–Kier alpha value is -0.000000000000000111. The van der Waals surface area contributed by atoms with Crippen LogP contribution in [-0.2, 0) is 0 Å². The van der Waals surface area contributed by atoms with Crippen molar-refractivity contribution in [3.63, 3.8) is 0 Å². The summed E-state index contributed by atoms with van der Waals surface area (Å²) in [5.74, 6) is 0.113. The molecule has 98 valence electrons. The van der Waals surface area contributed by atoms with Gasteiger partial charge in [0.1, 0.15) is 0 Å². The second-order valence-corrected chi connectivity index (χ2v) is 8.24. The topological polar surface area (TPSA) is 20.3 Å². The maximum atomic E-state index is 12.5. The number of hydrogen-bond donors (Lipinski definition) is 0. The summed E-state index contributed by atoms with van der Waals surface area (Å²) in [4.78, 5) is 14.5. The van der Waals surface area contributed by atoms with Crippen LogP contribution in [0, 0.1) is 0 Å². The van der Waals surface area contributed by atoms with Crippen LogP contribution in [0.3, 0.4) is 0 Å². The number of carbonyl (C=O) groups excluding carboxylic acids is 1. The van der Waals surface area contributed by atoms with Gasteiger partial charge in [-0.1, -0.05) is 29.8 Å². The summed E-state index contributed by atoms with van der Waals surface area (Å²) in [5, 5.41) is 1.01. The van der Waals surface area contributed by atoms with Gasteiger partial charge in [0.25, 0.3) is 5.91 Å². The largest absolute Gasteiger partial charge is 0.336 e. The summed E-state index contributed by atoms with van der Waals surface area (Å²) in [6, 6.07) is 5.71. The highest BCUT2D eigenvalue weighted by Gasteiger charge is 2.27. The highest BCUT2D eigenvalue weighted by molar-refractivity contribution is 9.11. The second-order valence-electron chi connectivity index (χ2n) is 4.59. The van der Waals surface area contributed by atoms with Crippen LogP contribution in [0.4, 0.5) is 0 Å². The molecule has 0 bridgehead atoms. The predicted molar refractivity (Wildman–Crippen MR) is 84.3 cm³/mol. The van der Waals surface area contributed by atoms with E-state index in [4.69, 9.17) is 0 Å². The summed E-state index contributed by atoms with van der Waals surface area (Å²) < 4.78 is 1.79. The molecule has 0 N–H and O–H groups in total. The van der Waals surface area contributed by atoms with Gasteiger partial charge in [0, 0.05) is 32.5 Å². The first-order chi connectivity index (χ1) is 8.47. The Bertz CT molecular complexity index is 456. The van der Waals surface area contributed by atoms with Crippen LogP contribution in [0.2, 0.25) is 0 Å². The first-order valence-corrected chi connectivity index (χ1v) is 8.40. The molecule has 0 aromatic heterocycles. The molecule has 1 aliphatic heterocycles. The molecular weight excluding hydrogens is 378 g/mol. The number of amides is 1. The van der Waals surface area contributed by atoms with Crippen molar-refractivity contribution in [3.8, 4) is 0 Å². The molecule has 1 fully saturated rings. The molecule has 2 rings (SSSR count). The second kappa shape index (κ2) is 5.97. The Kier molecular flexibility index (Phi) is 4.78. The molecule has 2 unspecified atom stereocenters. The van der Waals surface area contributed by atoms with Crippen LogP contribution in [-0.4, -0.2) is 34.4 Å². The van der Waals surface area contributed by atoms with Crippen molar-refractivity contribution in [2.24, 2.45) is 0 Å². The first-order valence-electron chi connectivity index (χ1n) is 5.87. The number of nitrogens with zero attached hydrogens (tertiary/aromatic N) is 1. The molecule has 0 spiro atoms. The van der Waals surface area contributed by atoms with Gasteiger partial charge >= 0.3 is 0 Å². The van der Waals surface area contributed by atoms with E-state index in [0.29, 0.717) is 10.5 Å². The molecule has 0 radical (unpaired) electrons. The van der Waals surface area contributed by atoms with Crippen molar-refractivity contribution in [2.75, 3.05) is 13.1 Å². The zero-order valence-corrected chi connectivity index (χ0v) is 14.3. The van der Waals surface area contributed by atoms with E-state index in [-0.39, 0.29) is 5.91 Å². The average Bonchev–Trinajstić information content (AvgIpc) is 2.30. The SMILES string of the molecule is CC1CN(C(=O)c2cc(Br)ccc2Br)CC(C)S1. The minimum absolute atomic E-state index is 0.113. The van der Waals surface area contributed by atoms with Crippen molar-refractivity contribution in [1.82, 2.24) is 4.90 Å². The van der Waals surface area contributed by atoms with Crippen molar-refractivity contribution in [2.45, 2.75) is 24.3 Å². The number of hydrogen-bond acceptors (Lipinski definition) is 2. The standard InChI is InChI=1S/C13H15Br2NOS/c1-8-6-16(7-9(2)18-8)13(17)11-5-10(14)3-4-12(11)15/h3-5,8-9H,6-7H2,1-2H3. The lowest BCUT2D eigenvalue weighted by molar-refractivity contribution is 0.0752. The maximum Gasteiger partial charge on any atom is 0.255 e. The number of rotatable bonds is 1. The smallest absolute Gasteiger partial charge is 0.255 e. The molecule has 0 saturated carbocycles. The lowest BCUT2D eigenvalue weighted by atomic mass is 10.2. The highest BCUT2D eigenvalue weighted by Crippen LogP contribution is 2.28. The molecule has 18 heavy (non-hydrogen) atoms. The van der Waals surface area contributed by atoms with E-state index >= 15 is 0 Å². The predicted octanol–water partition coefficient (Wildman–Crippen LogP) is 4.18. The fraction of sp³-hybridized carbons (Fsp3) is 0.462. The molecule has 1 saturated heterocycles. The van der Waals surface area contributed by atoms with E-state index < -0.39 is 0 Å². The lowest BCUT2D eigenvalue weighted by Crippen LogP contribution is -2.44. The van der Waals surface area contributed by atoms with Crippen molar-refractivity contribution in [3.05, 3.63) is 32.7 Å². The minimum Gasteiger partial charge on any atom is -0.336 e. The third-order valence-corrected chi connectivity index (χ3v) is 5.28. The maximum absolute atomic E-state index is 12.5. The quantitative estimate of drug-likeness (QED) is 0.714. The van der Waals surface area contributed by atoms with Crippen LogP contribution in [0.25, 0.3) is 0 Å². The summed E-state index contributed by atoms with van der Waals surface area (Å²) >= 11 is 8.82. The number of carbonyl (C=O) groups is 1. The Morgan fingerprint density at radius 1 is 1.28 bits per heavy atom. The van der Waals surface area contributed by atoms with Gasteiger partial charge in [-0.3, -0.25) is 4.79 Å². The third-order valence-electron chi connectivity index (χ3n) is 2.87. The van der Waals surface area contributed by atoms with Gasteiger partial charge < -0.3 is 4.90 Å². The van der Waals surface area contributed by atoms with Gasteiger partial charge in [0.15, 0.2) is 0 Å². The highest BCUT2D eigenvalue weighted by atomic mass is 79.9. The zero-order chi connectivity index (χ0) is 13.3. The van der Waals surface area contributed by atoms with Crippen LogP contribution in [0.1, 0.15) is 24.2 Å². The third kappa shape index (κ3) is 3.31. The molecule has 1 aromatic carbocycles. The van der Waals surface area contributed by atoms with Gasteiger partial charge in [-0.2, -0.15) is 11.8 Å². The van der Waals surface area contributed by atoms with Crippen molar-refractivity contribution >= 4 is 49.5 Å². The van der Waals surface area contributed by atoms with E-state index in [9.17, 15) is 4.79 Å². The summed E-state index contributed by atoms with van der Waals surface area (Å²) in [5.41, 5.74) is 0.732. The summed E-state index contributed by atoms with van der Waals surface area (Å²) in [7, 11) is 0. The molecular formula is C13H15Br2NOS. The Balaban J connectivity index is 2.22. The lowest BCUT2D eigenvalue weighted by Gasteiger charge is -2.34. The molecule has 1 amide bonds. The van der Waals surface area contributed by atoms with Crippen LogP contribution < -0.4 is 0 Å². The zero-order valence-electron chi connectivity index (χ0n) is 10.3. The number of halogens is 2. The number of benzene rings is 1. The van der Waals surface area contributed by atoms with Crippen LogP contribution >= 0.6 is 43.6 Å². The molecule has 1 aromatic rings. The molecule has 1 heterocycles. The van der Waals surface area contributed by atoms with Gasteiger partial charge in [-0.15, -0.1) is 0 Å². The summed E-state index contributed by atoms with van der Waals surface area (Å²) in [6.07, 6.45) is 0. The summed E-state index contributed by atoms with van der Waals surface area (Å²) in [6.45, 7) is 6.01. The fourth-order valence-electron chi connectivity index (χ4n) is 2.18. The van der Waals surface area contributed by atoms with Crippen LogP contribution in [0.15, 0.2) is 27.1 Å². The Morgan fingerprint density at radius 2 is 1.89 bits per heavy atom. The van der Waals surface area contributed by atoms with Crippen molar-refractivity contribution in [1.29, 1.82) is 0 Å². The van der Waals surface area contributed by atoms with Gasteiger partial charge in [-0.05, 0) is 34.1 Å². The van der Waals surface area contributed by atoms with E-state index in [1.807, 2.05) is 34.9 Å². The average molecular weight is 393 g/mol. The van der Waals surface area contributed by atoms with Crippen molar-refractivity contribution < 1.29 is 4.79 Å². The normalized spacial score (nSPS) is 24.1. The molecule has 2 nitrogen and oxygen atoms in total. The fourth-order valence-corrected chi connectivity index (χ4v) is 4.28. The molecule has 0 aliphatic carbocycles. The monoisotopic (exact) mass is 391 g/mol. The Morgan fingerprint density at radius 3 is 2.50 bits per heavy atom. The molecule has 5 heteroatoms. The van der Waals surface area contributed by atoms with Gasteiger partial charge in [-0.25, -0.2) is 0 Å². The Labute approximate surface area is 129 Å². The minimum atomic E-state index is 0.113. The van der Waals surface area contributed by atoms with E-state index in [2.05, 4.69) is 45.7 Å². The molecule has 1 aliphatic rings. The first kappa shape index (κ1) is 14.4. The van der Waals surface area contributed by atoms with Crippen LogP contribution in [0.5, 0.6) is 0 Å². The number of thioether (sulfide) groups is 1. The van der Waals surface area contributed by atoms with E-state index in [1.54, 1.807) is 0 Å². The van der Waals surface area contributed by atoms with Gasteiger partial charge in [0.2, 0.25) is 0 Å². The molecule has 2 atom stereocenters. The van der Waals surface area contributed by atoms with E-state index in [1.165, 1.54) is 0 Å². The van der Waals surface area contributed by atoms with Gasteiger partial charge in [0.05, 0.1) is 5.56 Å². The van der Waals surface area contributed by atoms with E-state index in [0.717, 1.165) is 27.6 Å².